The molecule has 1 aromatic carbocycles. The van der Waals surface area contributed by atoms with Gasteiger partial charge in [-0.2, -0.15) is 0 Å². The molecule has 0 aromatic heterocycles. The van der Waals surface area contributed by atoms with E-state index in [1.165, 1.54) is 0 Å². The normalized spacial score (nSPS) is 17.5. The van der Waals surface area contributed by atoms with Gasteiger partial charge in [0.15, 0.2) is 0 Å². The Morgan fingerprint density at radius 3 is 2.80 bits per heavy atom. The lowest BCUT2D eigenvalue weighted by molar-refractivity contribution is -0.132. The predicted molar refractivity (Wildman–Crippen MR) is 76.7 cm³/mol. The summed E-state index contributed by atoms with van der Waals surface area (Å²) in [6.07, 6.45) is 1.73. The quantitative estimate of drug-likeness (QED) is 0.896. The summed E-state index contributed by atoms with van der Waals surface area (Å²) in [5, 5.41) is 13.3. The molecule has 5 heteroatoms. The molecule has 2 rings (SSSR count). The first-order valence-corrected chi connectivity index (χ1v) is 6.86. The van der Waals surface area contributed by atoms with Crippen molar-refractivity contribution in [2.45, 2.75) is 32.3 Å². The van der Waals surface area contributed by atoms with Crippen molar-refractivity contribution < 1.29 is 14.7 Å². The number of carbonyl (C=O) groups is 1. The van der Waals surface area contributed by atoms with E-state index < -0.39 is 0 Å². The topological polar surface area (TPSA) is 62.1 Å². The molecule has 1 amide bonds. The molecule has 1 aliphatic heterocycles. The lowest BCUT2D eigenvalue weighted by Gasteiger charge is -2.17. The van der Waals surface area contributed by atoms with Crippen molar-refractivity contribution in [3.8, 4) is 5.75 Å². The van der Waals surface area contributed by atoms with Crippen molar-refractivity contribution in [3.63, 3.8) is 0 Å². The van der Waals surface area contributed by atoms with Gasteiger partial charge in [0.1, 0.15) is 11.9 Å². The Kier molecular flexibility index (Phi) is 4.61. The Bertz CT molecular complexity index is 496. The predicted octanol–water partition coefficient (Wildman–Crippen LogP) is 2.14. The number of hydrogen-bond donors (Lipinski definition) is 1. The van der Waals surface area contributed by atoms with Crippen LogP contribution in [0.5, 0.6) is 5.75 Å². The Morgan fingerprint density at radius 1 is 1.45 bits per heavy atom. The maximum atomic E-state index is 11.9. The van der Waals surface area contributed by atoms with E-state index in [9.17, 15) is 9.90 Å². The van der Waals surface area contributed by atoms with Gasteiger partial charge >= 0.3 is 0 Å². The highest BCUT2D eigenvalue weighted by Crippen LogP contribution is 2.21. The molecule has 1 atom stereocenters. The van der Waals surface area contributed by atoms with E-state index in [2.05, 4.69) is 5.16 Å². The molecule has 0 saturated carbocycles. The molecular weight excluding hydrogens is 256 g/mol. The van der Waals surface area contributed by atoms with Crippen LogP contribution in [0.1, 0.15) is 31.7 Å². The molecule has 1 aliphatic rings. The maximum Gasteiger partial charge on any atom is 0.226 e. The summed E-state index contributed by atoms with van der Waals surface area (Å²) in [5.41, 5.74) is 1.74. The molecule has 5 nitrogen and oxygen atoms in total. The number of benzene rings is 1. The van der Waals surface area contributed by atoms with Gasteiger partial charge in [0.25, 0.3) is 0 Å². The van der Waals surface area contributed by atoms with E-state index >= 15 is 0 Å². The highest BCUT2D eigenvalue weighted by molar-refractivity contribution is 6.01. The monoisotopic (exact) mass is 276 g/mol. The minimum absolute atomic E-state index is 0.0824. The fourth-order valence-corrected chi connectivity index (χ4v) is 2.17. The molecule has 1 N–H and O–H groups in total. The van der Waals surface area contributed by atoms with E-state index in [0.29, 0.717) is 12.8 Å². The Hall–Kier alpha value is -2.04. The zero-order valence-electron chi connectivity index (χ0n) is 11.9. The number of aromatic hydroxyl groups is 1. The number of nitrogens with zero attached hydrogens (tertiary/aromatic N) is 2. The van der Waals surface area contributed by atoms with Crippen molar-refractivity contribution in [1.82, 2.24) is 4.90 Å². The van der Waals surface area contributed by atoms with Crippen LogP contribution < -0.4 is 0 Å². The highest BCUT2D eigenvalue weighted by atomic mass is 16.6. The summed E-state index contributed by atoms with van der Waals surface area (Å²) < 4.78 is 0. The van der Waals surface area contributed by atoms with Gasteiger partial charge in [0, 0.05) is 20.0 Å². The lowest BCUT2D eigenvalue weighted by Crippen LogP contribution is -2.30. The summed E-state index contributed by atoms with van der Waals surface area (Å²) in [5.74, 6) is 0.306. The number of hydrogen-bond acceptors (Lipinski definition) is 4. The average Bonchev–Trinajstić information content (AvgIpc) is 2.88. The smallest absolute Gasteiger partial charge is 0.226 e. The summed E-state index contributed by atoms with van der Waals surface area (Å²) in [7, 11) is 1.81. The Labute approximate surface area is 118 Å². The molecule has 108 valence electrons. The fraction of sp³-hybridized carbons (Fsp3) is 0.467. The summed E-state index contributed by atoms with van der Waals surface area (Å²) in [4.78, 5) is 19.0. The van der Waals surface area contributed by atoms with E-state index in [1.807, 2.05) is 14.0 Å². The van der Waals surface area contributed by atoms with Crippen molar-refractivity contribution in [3.05, 3.63) is 29.8 Å². The number of rotatable bonds is 5. The number of phenolic OH excluding ortho intramolecular Hbond substituents is 1. The third-order valence-electron chi connectivity index (χ3n) is 3.32. The number of amides is 1. The standard InChI is InChI=1S/C15H20N2O3/c1-3-8-17(2)15(19)10-13-9-14(16-20-13)11-4-6-12(18)7-5-11/h4-7,13,18H,3,8-10H2,1-2H3. The first kappa shape index (κ1) is 14.4. The van der Waals surface area contributed by atoms with Crippen LogP contribution in [0.3, 0.4) is 0 Å². The van der Waals surface area contributed by atoms with Crippen LogP contribution in [0.25, 0.3) is 0 Å². The zero-order valence-corrected chi connectivity index (χ0v) is 11.9. The fourth-order valence-electron chi connectivity index (χ4n) is 2.17. The summed E-state index contributed by atoms with van der Waals surface area (Å²) in [6, 6.07) is 6.83. The van der Waals surface area contributed by atoms with E-state index in [0.717, 1.165) is 24.2 Å². The molecule has 0 spiro atoms. The second-order valence-electron chi connectivity index (χ2n) is 5.04. The molecular formula is C15H20N2O3. The average molecular weight is 276 g/mol. The second kappa shape index (κ2) is 6.41. The summed E-state index contributed by atoms with van der Waals surface area (Å²) in [6.45, 7) is 2.80. The van der Waals surface area contributed by atoms with Crippen LogP contribution in [0, 0.1) is 0 Å². The van der Waals surface area contributed by atoms with E-state index in [1.54, 1.807) is 29.2 Å². The van der Waals surface area contributed by atoms with Crippen molar-refractivity contribution in [2.24, 2.45) is 5.16 Å². The SMILES string of the molecule is CCCN(C)C(=O)CC1CC(c2ccc(O)cc2)=NO1. The largest absolute Gasteiger partial charge is 0.508 e. The van der Waals surface area contributed by atoms with Crippen molar-refractivity contribution in [1.29, 1.82) is 0 Å². The van der Waals surface area contributed by atoms with Gasteiger partial charge in [0.05, 0.1) is 12.1 Å². The molecule has 20 heavy (non-hydrogen) atoms. The van der Waals surface area contributed by atoms with Gasteiger partial charge in [0.2, 0.25) is 5.91 Å². The molecule has 1 aromatic rings. The third-order valence-corrected chi connectivity index (χ3v) is 3.32. The van der Waals surface area contributed by atoms with Crippen LogP contribution >= 0.6 is 0 Å². The lowest BCUT2D eigenvalue weighted by atomic mass is 10.0. The highest BCUT2D eigenvalue weighted by Gasteiger charge is 2.25. The number of phenols is 1. The number of oxime groups is 1. The van der Waals surface area contributed by atoms with Crippen LogP contribution in [-0.4, -0.2) is 41.3 Å². The molecule has 0 bridgehead atoms. The molecule has 0 fully saturated rings. The van der Waals surface area contributed by atoms with Gasteiger partial charge in [-0.3, -0.25) is 4.79 Å². The van der Waals surface area contributed by atoms with Crippen molar-refractivity contribution in [2.75, 3.05) is 13.6 Å². The van der Waals surface area contributed by atoms with E-state index in [-0.39, 0.29) is 17.8 Å². The van der Waals surface area contributed by atoms with Gasteiger partial charge in [-0.15, -0.1) is 0 Å². The third kappa shape index (κ3) is 3.50. The summed E-state index contributed by atoms with van der Waals surface area (Å²) >= 11 is 0. The van der Waals surface area contributed by atoms with Gasteiger partial charge in [-0.25, -0.2) is 0 Å². The zero-order chi connectivity index (χ0) is 14.5. The Morgan fingerprint density at radius 2 is 2.15 bits per heavy atom. The van der Waals surface area contributed by atoms with Gasteiger partial charge in [-0.1, -0.05) is 12.1 Å². The molecule has 0 saturated heterocycles. The van der Waals surface area contributed by atoms with Crippen molar-refractivity contribution >= 4 is 11.6 Å². The first-order chi connectivity index (χ1) is 9.60. The molecule has 0 aliphatic carbocycles. The minimum Gasteiger partial charge on any atom is -0.508 e. The minimum atomic E-state index is -0.189. The van der Waals surface area contributed by atoms with Gasteiger partial charge < -0.3 is 14.8 Å². The van der Waals surface area contributed by atoms with E-state index in [4.69, 9.17) is 4.84 Å². The van der Waals surface area contributed by atoms with Crippen LogP contribution in [0.2, 0.25) is 0 Å². The maximum absolute atomic E-state index is 11.9. The molecule has 1 unspecified atom stereocenters. The second-order valence-corrected chi connectivity index (χ2v) is 5.04. The molecule has 1 heterocycles. The first-order valence-electron chi connectivity index (χ1n) is 6.86. The van der Waals surface area contributed by atoms with Gasteiger partial charge in [-0.05, 0) is 36.2 Å². The van der Waals surface area contributed by atoms with Crippen LogP contribution in [-0.2, 0) is 9.63 Å². The molecule has 0 radical (unpaired) electrons. The van der Waals surface area contributed by atoms with Crippen LogP contribution in [0.4, 0.5) is 0 Å². The van der Waals surface area contributed by atoms with Crippen LogP contribution in [0.15, 0.2) is 29.4 Å². The number of carbonyl (C=O) groups excluding carboxylic acids is 1. The Balaban J connectivity index is 1.88.